The van der Waals surface area contributed by atoms with E-state index in [-0.39, 0.29) is 6.10 Å². The van der Waals surface area contributed by atoms with Gasteiger partial charge in [0, 0.05) is 6.54 Å². The van der Waals surface area contributed by atoms with E-state index in [0.29, 0.717) is 6.54 Å². The highest BCUT2D eigenvalue weighted by molar-refractivity contribution is 5.73. The number of hydrogen-bond acceptors (Lipinski definition) is 5. The minimum Gasteiger partial charge on any atom is -0.456 e. The standard InChI is InChI=1S/C10H19NO4/c1-10(2,3)15-9(13)8(12)14-7-4-5-11-6-7/h7-8,11-12H,4-6H2,1-3H3. The van der Waals surface area contributed by atoms with Crippen molar-refractivity contribution < 1.29 is 19.4 Å². The minimum atomic E-state index is -1.48. The van der Waals surface area contributed by atoms with Crippen LogP contribution < -0.4 is 5.32 Å². The van der Waals surface area contributed by atoms with E-state index in [1.54, 1.807) is 20.8 Å². The molecule has 1 aliphatic heterocycles. The van der Waals surface area contributed by atoms with Crippen LogP contribution in [0.15, 0.2) is 0 Å². The van der Waals surface area contributed by atoms with Crippen molar-refractivity contribution in [1.29, 1.82) is 0 Å². The van der Waals surface area contributed by atoms with Crippen LogP contribution >= 0.6 is 0 Å². The van der Waals surface area contributed by atoms with E-state index in [4.69, 9.17) is 9.47 Å². The number of aliphatic hydroxyl groups is 1. The zero-order valence-electron chi connectivity index (χ0n) is 9.45. The molecule has 0 bridgehead atoms. The van der Waals surface area contributed by atoms with Crippen molar-refractivity contribution in [3.05, 3.63) is 0 Å². The Morgan fingerprint density at radius 2 is 2.20 bits per heavy atom. The van der Waals surface area contributed by atoms with Crippen LogP contribution in [-0.2, 0) is 14.3 Å². The molecule has 88 valence electrons. The molecule has 5 heteroatoms. The third-order valence-corrected chi connectivity index (χ3v) is 1.94. The molecule has 0 aromatic heterocycles. The van der Waals surface area contributed by atoms with E-state index in [0.717, 1.165) is 13.0 Å². The van der Waals surface area contributed by atoms with Crippen molar-refractivity contribution in [1.82, 2.24) is 5.32 Å². The first-order valence-corrected chi connectivity index (χ1v) is 5.15. The Morgan fingerprint density at radius 3 is 2.67 bits per heavy atom. The molecular weight excluding hydrogens is 198 g/mol. The Hall–Kier alpha value is -0.650. The molecule has 1 aliphatic rings. The molecule has 0 spiro atoms. The van der Waals surface area contributed by atoms with Gasteiger partial charge in [-0.15, -0.1) is 0 Å². The first-order valence-electron chi connectivity index (χ1n) is 5.15. The smallest absolute Gasteiger partial charge is 0.363 e. The summed E-state index contributed by atoms with van der Waals surface area (Å²) in [6, 6.07) is 0. The molecule has 5 nitrogen and oxygen atoms in total. The van der Waals surface area contributed by atoms with E-state index in [1.165, 1.54) is 0 Å². The Kier molecular flexibility index (Phi) is 4.07. The Morgan fingerprint density at radius 1 is 1.53 bits per heavy atom. The van der Waals surface area contributed by atoms with Crippen LogP contribution in [0.4, 0.5) is 0 Å². The molecular formula is C10H19NO4. The van der Waals surface area contributed by atoms with Crippen LogP contribution in [0.5, 0.6) is 0 Å². The second-order valence-electron chi connectivity index (χ2n) is 4.64. The molecule has 0 aliphatic carbocycles. The lowest BCUT2D eigenvalue weighted by Crippen LogP contribution is -2.36. The molecule has 0 aromatic rings. The molecule has 1 fully saturated rings. The largest absolute Gasteiger partial charge is 0.456 e. The summed E-state index contributed by atoms with van der Waals surface area (Å²) in [6.07, 6.45) is -0.776. The maximum absolute atomic E-state index is 11.3. The van der Waals surface area contributed by atoms with Gasteiger partial charge in [-0.1, -0.05) is 0 Å². The molecule has 0 saturated carbocycles. The maximum atomic E-state index is 11.3. The molecule has 15 heavy (non-hydrogen) atoms. The second-order valence-corrected chi connectivity index (χ2v) is 4.64. The summed E-state index contributed by atoms with van der Waals surface area (Å²) in [4.78, 5) is 11.3. The highest BCUT2D eigenvalue weighted by atomic mass is 16.7. The van der Waals surface area contributed by atoms with Crippen molar-refractivity contribution in [3.63, 3.8) is 0 Å². The van der Waals surface area contributed by atoms with Gasteiger partial charge < -0.3 is 19.9 Å². The van der Waals surface area contributed by atoms with E-state index < -0.39 is 17.9 Å². The van der Waals surface area contributed by atoms with Gasteiger partial charge in [-0.25, -0.2) is 4.79 Å². The number of rotatable bonds is 3. The Labute approximate surface area is 89.8 Å². The summed E-state index contributed by atoms with van der Waals surface area (Å²) in [5.41, 5.74) is -0.602. The summed E-state index contributed by atoms with van der Waals surface area (Å²) in [5, 5.41) is 12.5. The van der Waals surface area contributed by atoms with Gasteiger partial charge in [0.2, 0.25) is 0 Å². The fourth-order valence-electron chi connectivity index (χ4n) is 1.33. The molecule has 0 amide bonds. The van der Waals surface area contributed by atoms with Crippen molar-refractivity contribution in [2.45, 2.75) is 45.2 Å². The molecule has 2 unspecified atom stereocenters. The lowest BCUT2D eigenvalue weighted by Gasteiger charge is -2.22. The van der Waals surface area contributed by atoms with Gasteiger partial charge in [0.1, 0.15) is 5.60 Å². The molecule has 2 atom stereocenters. The number of esters is 1. The molecule has 1 saturated heterocycles. The topological polar surface area (TPSA) is 67.8 Å². The third-order valence-electron chi connectivity index (χ3n) is 1.94. The van der Waals surface area contributed by atoms with Crippen molar-refractivity contribution in [2.24, 2.45) is 0 Å². The van der Waals surface area contributed by atoms with Crippen LogP contribution in [0.2, 0.25) is 0 Å². The first-order chi connectivity index (χ1) is 6.88. The molecule has 0 aromatic carbocycles. The lowest BCUT2D eigenvalue weighted by molar-refractivity contribution is -0.200. The highest BCUT2D eigenvalue weighted by Gasteiger charge is 2.27. The summed E-state index contributed by atoms with van der Waals surface area (Å²) in [7, 11) is 0. The molecule has 1 rings (SSSR count). The first kappa shape index (κ1) is 12.4. The van der Waals surface area contributed by atoms with E-state index in [9.17, 15) is 9.90 Å². The molecule has 0 radical (unpaired) electrons. The quantitative estimate of drug-likeness (QED) is 0.515. The Balaban J connectivity index is 2.32. The predicted molar refractivity (Wildman–Crippen MR) is 54.2 cm³/mol. The minimum absolute atomic E-state index is 0.104. The van der Waals surface area contributed by atoms with Crippen LogP contribution in [0.25, 0.3) is 0 Å². The van der Waals surface area contributed by atoms with Crippen LogP contribution in [0.3, 0.4) is 0 Å². The fraction of sp³-hybridized carbons (Fsp3) is 0.900. The normalized spacial score (nSPS) is 23.9. The average Bonchev–Trinajstić information content (AvgIpc) is 2.53. The molecule has 2 N–H and O–H groups in total. The zero-order valence-corrected chi connectivity index (χ0v) is 9.45. The summed E-state index contributed by atoms with van der Waals surface area (Å²) in [5.74, 6) is -0.727. The van der Waals surface area contributed by atoms with Crippen molar-refractivity contribution >= 4 is 5.97 Å². The Bertz CT molecular complexity index is 218. The number of nitrogens with one attached hydrogen (secondary N) is 1. The monoisotopic (exact) mass is 217 g/mol. The highest BCUT2D eigenvalue weighted by Crippen LogP contribution is 2.11. The number of carbonyl (C=O) groups excluding carboxylic acids is 1. The van der Waals surface area contributed by atoms with Gasteiger partial charge in [0.15, 0.2) is 0 Å². The number of aliphatic hydroxyl groups excluding tert-OH is 1. The second kappa shape index (κ2) is 4.92. The number of hydrogen-bond donors (Lipinski definition) is 2. The maximum Gasteiger partial charge on any atom is 0.363 e. The fourth-order valence-corrected chi connectivity index (χ4v) is 1.33. The van der Waals surface area contributed by atoms with Crippen LogP contribution in [0.1, 0.15) is 27.2 Å². The van der Waals surface area contributed by atoms with E-state index >= 15 is 0 Å². The third kappa shape index (κ3) is 4.59. The van der Waals surface area contributed by atoms with Gasteiger partial charge in [-0.05, 0) is 33.7 Å². The predicted octanol–water partition coefficient (Wildman–Crippen LogP) is 0.0250. The van der Waals surface area contributed by atoms with Gasteiger partial charge in [0.25, 0.3) is 6.29 Å². The average molecular weight is 217 g/mol. The summed E-state index contributed by atoms with van der Waals surface area (Å²) >= 11 is 0. The van der Waals surface area contributed by atoms with Gasteiger partial charge in [-0.3, -0.25) is 0 Å². The van der Waals surface area contributed by atoms with Crippen molar-refractivity contribution in [3.8, 4) is 0 Å². The SMILES string of the molecule is CC(C)(C)OC(=O)C(O)OC1CCNC1. The van der Waals surface area contributed by atoms with Crippen LogP contribution in [0, 0.1) is 0 Å². The number of carbonyl (C=O) groups is 1. The number of ether oxygens (including phenoxy) is 2. The van der Waals surface area contributed by atoms with E-state index in [1.807, 2.05) is 0 Å². The van der Waals surface area contributed by atoms with Crippen molar-refractivity contribution in [2.75, 3.05) is 13.1 Å². The van der Waals surface area contributed by atoms with Gasteiger partial charge in [0.05, 0.1) is 6.10 Å². The van der Waals surface area contributed by atoms with Crippen LogP contribution in [-0.4, -0.2) is 42.2 Å². The zero-order chi connectivity index (χ0) is 11.5. The van der Waals surface area contributed by atoms with E-state index in [2.05, 4.69) is 5.32 Å². The summed E-state index contributed by atoms with van der Waals surface area (Å²) in [6.45, 7) is 6.75. The summed E-state index contributed by atoms with van der Waals surface area (Å²) < 4.78 is 10.1. The molecule has 1 heterocycles. The lowest BCUT2D eigenvalue weighted by atomic mass is 10.2. The van der Waals surface area contributed by atoms with Gasteiger partial charge >= 0.3 is 5.97 Å². The van der Waals surface area contributed by atoms with Gasteiger partial charge in [-0.2, -0.15) is 0 Å².